The van der Waals surface area contributed by atoms with E-state index >= 15 is 0 Å². The predicted molar refractivity (Wildman–Crippen MR) is 119 cm³/mol. The first kappa shape index (κ1) is 20.1. The molecule has 1 unspecified atom stereocenters. The molecule has 0 aromatic carbocycles. The standard InChI is InChI=1S/C20H25N9OS/c1-27-11-14(9-24-27)17-10-23-19-20(25-15(3-2-6-30)12-28(17)19)29(21)18-7-16(26-31-18)13-4-5-22-8-13/h7,9-13,22,30H,2-6,8,21H2,1H3. The zero-order valence-electron chi connectivity index (χ0n) is 17.3. The summed E-state index contributed by atoms with van der Waals surface area (Å²) in [6.45, 7) is 2.07. The van der Waals surface area contributed by atoms with Gasteiger partial charge < -0.3 is 10.4 Å². The molecule has 31 heavy (non-hydrogen) atoms. The normalized spacial score (nSPS) is 16.4. The Morgan fingerprint density at radius 3 is 3.00 bits per heavy atom. The van der Waals surface area contributed by atoms with Crippen molar-refractivity contribution < 1.29 is 5.11 Å². The van der Waals surface area contributed by atoms with Crippen molar-refractivity contribution in [2.75, 3.05) is 24.7 Å². The highest BCUT2D eigenvalue weighted by Crippen LogP contribution is 2.33. The van der Waals surface area contributed by atoms with E-state index in [0.717, 1.165) is 47.2 Å². The fourth-order valence-corrected chi connectivity index (χ4v) is 4.67. The Kier molecular flexibility index (Phi) is 5.40. The molecule has 0 radical (unpaired) electrons. The van der Waals surface area contributed by atoms with Crippen molar-refractivity contribution in [1.82, 2.24) is 33.8 Å². The van der Waals surface area contributed by atoms with Gasteiger partial charge in [0.25, 0.3) is 0 Å². The molecule has 1 aliphatic rings. The number of aliphatic hydroxyl groups is 1. The monoisotopic (exact) mass is 439 g/mol. The maximum absolute atomic E-state index is 9.29. The molecule has 1 fully saturated rings. The number of aryl methyl sites for hydroxylation is 2. The Bertz CT molecular complexity index is 1190. The van der Waals surface area contributed by atoms with E-state index in [2.05, 4.69) is 19.8 Å². The van der Waals surface area contributed by atoms with Crippen molar-refractivity contribution in [3.63, 3.8) is 0 Å². The fraction of sp³-hybridized carbons (Fsp3) is 0.400. The fourth-order valence-electron chi connectivity index (χ4n) is 3.93. The van der Waals surface area contributed by atoms with Gasteiger partial charge in [-0.15, -0.1) is 0 Å². The second kappa shape index (κ2) is 8.35. The summed E-state index contributed by atoms with van der Waals surface area (Å²) < 4.78 is 8.39. The molecule has 10 nitrogen and oxygen atoms in total. The van der Waals surface area contributed by atoms with Gasteiger partial charge in [-0.1, -0.05) is 0 Å². The number of aliphatic hydroxyl groups excluding tert-OH is 1. The number of hydrogen-bond donors (Lipinski definition) is 3. The van der Waals surface area contributed by atoms with Crippen LogP contribution in [0.4, 0.5) is 10.8 Å². The summed E-state index contributed by atoms with van der Waals surface area (Å²) in [5.41, 5.74) is 4.42. The molecule has 162 valence electrons. The minimum absolute atomic E-state index is 0.106. The minimum atomic E-state index is 0.106. The first-order valence-electron chi connectivity index (χ1n) is 10.3. The molecule has 5 heterocycles. The third kappa shape index (κ3) is 3.81. The largest absolute Gasteiger partial charge is 0.396 e. The highest BCUT2D eigenvalue weighted by atomic mass is 32.1. The van der Waals surface area contributed by atoms with Crippen molar-refractivity contribution in [2.45, 2.75) is 25.2 Å². The SMILES string of the molecule is Cn1cc(-c2cnc3c(N(N)c4cc(C5CCNC5)ns4)nc(CCCO)cn23)cn1. The average molecular weight is 440 g/mol. The molecule has 4 aromatic heterocycles. The highest BCUT2D eigenvalue weighted by molar-refractivity contribution is 7.10. The van der Waals surface area contributed by atoms with Gasteiger partial charge in [0.2, 0.25) is 0 Å². The number of nitrogens with zero attached hydrogens (tertiary/aromatic N) is 7. The topological polar surface area (TPSA) is 122 Å². The van der Waals surface area contributed by atoms with Crippen molar-refractivity contribution in [1.29, 1.82) is 0 Å². The molecule has 5 rings (SSSR count). The van der Waals surface area contributed by atoms with Crippen LogP contribution >= 0.6 is 11.5 Å². The summed E-state index contributed by atoms with van der Waals surface area (Å²) in [5, 5.41) is 19.3. The Morgan fingerprint density at radius 1 is 1.35 bits per heavy atom. The number of rotatable bonds is 7. The molecule has 0 spiro atoms. The lowest BCUT2D eigenvalue weighted by molar-refractivity contribution is 0.288. The van der Waals surface area contributed by atoms with Crippen LogP contribution in [0.25, 0.3) is 16.9 Å². The van der Waals surface area contributed by atoms with Crippen LogP contribution < -0.4 is 16.2 Å². The van der Waals surface area contributed by atoms with E-state index in [9.17, 15) is 5.11 Å². The summed E-state index contributed by atoms with van der Waals surface area (Å²) in [7, 11) is 1.88. The van der Waals surface area contributed by atoms with Gasteiger partial charge in [-0.2, -0.15) is 9.47 Å². The van der Waals surface area contributed by atoms with Gasteiger partial charge in [0.05, 0.1) is 29.5 Å². The number of fused-ring (bicyclic) bond motifs is 1. The third-order valence-corrected chi connectivity index (χ3v) is 6.38. The van der Waals surface area contributed by atoms with Crippen LogP contribution in [0.1, 0.15) is 30.1 Å². The molecular weight excluding hydrogens is 414 g/mol. The summed E-state index contributed by atoms with van der Waals surface area (Å²) in [4.78, 5) is 9.41. The van der Waals surface area contributed by atoms with E-state index < -0.39 is 0 Å². The minimum Gasteiger partial charge on any atom is -0.396 e. The van der Waals surface area contributed by atoms with Crippen LogP contribution in [-0.4, -0.2) is 53.3 Å². The Morgan fingerprint density at radius 2 is 2.26 bits per heavy atom. The molecule has 4 aromatic rings. The van der Waals surface area contributed by atoms with Crippen molar-refractivity contribution in [3.8, 4) is 11.3 Å². The van der Waals surface area contributed by atoms with Crippen LogP contribution in [0.3, 0.4) is 0 Å². The van der Waals surface area contributed by atoms with Crippen LogP contribution in [0, 0.1) is 0 Å². The van der Waals surface area contributed by atoms with E-state index in [1.165, 1.54) is 11.5 Å². The van der Waals surface area contributed by atoms with Crippen molar-refractivity contribution >= 4 is 28.0 Å². The highest BCUT2D eigenvalue weighted by Gasteiger charge is 2.23. The number of imidazole rings is 1. The number of nitrogens with two attached hydrogens (primary N) is 1. The summed E-state index contributed by atoms with van der Waals surface area (Å²) in [6.07, 6.45) is 9.87. The van der Waals surface area contributed by atoms with E-state index in [1.54, 1.807) is 9.69 Å². The smallest absolute Gasteiger partial charge is 0.192 e. The van der Waals surface area contributed by atoms with Gasteiger partial charge in [-0.3, -0.25) is 9.08 Å². The van der Waals surface area contributed by atoms with E-state index in [0.29, 0.717) is 30.2 Å². The van der Waals surface area contributed by atoms with Crippen molar-refractivity contribution in [2.24, 2.45) is 12.9 Å². The van der Waals surface area contributed by atoms with Gasteiger partial charge in [0.1, 0.15) is 5.00 Å². The molecule has 11 heteroatoms. The zero-order chi connectivity index (χ0) is 21.4. The number of hydrogen-bond acceptors (Lipinski definition) is 9. The van der Waals surface area contributed by atoms with E-state index in [1.807, 2.05) is 42.3 Å². The summed E-state index contributed by atoms with van der Waals surface area (Å²) in [6, 6.07) is 2.05. The molecular formula is C20H25N9OS. The molecule has 4 N–H and O–H groups in total. The van der Waals surface area contributed by atoms with Gasteiger partial charge in [-0.25, -0.2) is 20.8 Å². The molecule has 1 saturated heterocycles. The second-order valence-corrected chi connectivity index (χ2v) is 8.56. The number of aromatic nitrogens is 6. The molecule has 0 bridgehead atoms. The lowest BCUT2D eigenvalue weighted by atomic mass is 10.1. The van der Waals surface area contributed by atoms with E-state index in [-0.39, 0.29) is 6.61 Å². The first-order valence-corrected chi connectivity index (χ1v) is 11.1. The molecule has 1 atom stereocenters. The number of hydrazine groups is 1. The van der Waals surface area contributed by atoms with E-state index in [4.69, 9.17) is 10.8 Å². The Labute approximate surface area is 183 Å². The quantitative estimate of drug-likeness (QED) is 0.293. The molecule has 1 aliphatic heterocycles. The predicted octanol–water partition coefficient (Wildman–Crippen LogP) is 1.60. The second-order valence-electron chi connectivity index (χ2n) is 7.77. The number of nitrogens with one attached hydrogen (secondary N) is 1. The first-order chi connectivity index (χ1) is 15.1. The zero-order valence-corrected chi connectivity index (χ0v) is 18.1. The van der Waals surface area contributed by atoms with Crippen LogP contribution in [0.2, 0.25) is 0 Å². The van der Waals surface area contributed by atoms with Crippen LogP contribution in [-0.2, 0) is 13.5 Å². The van der Waals surface area contributed by atoms with Gasteiger partial charge in [0.15, 0.2) is 11.5 Å². The average Bonchev–Trinajstić information content (AvgIpc) is 3.57. The third-order valence-electron chi connectivity index (χ3n) is 5.58. The molecule has 0 amide bonds. The van der Waals surface area contributed by atoms with Gasteiger partial charge in [-0.05, 0) is 43.4 Å². The lowest BCUT2D eigenvalue weighted by Gasteiger charge is -2.17. The van der Waals surface area contributed by atoms with Crippen LogP contribution in [0.5, 0.6) is 0 Å². The van der Waals surface area contributed by atoms with Crippen LogP contribution in [0.15, 0.2) is 30.9 Å². The summed E-state index contributed by atoms with van der Waals surface area (Å²) >= 11 is 1.37. The van der Waals surface area contributed by atoms with Gasteiger partial charge in [0, 0.05) is 44.1 Å². The Balaban J connectivity index is 1.57. The maximum atomic E-state index is 9.29. The Hall–Kier alpha value is -2.86. The maximum Gasteiger partial charge on any atom is 0.192 e. The lowest BCUT2D eigenvalue weighted by Crippen LogP contribution is -2.26. The molecule has 0 aliphatic carbocycles. The molecule has 0 saturated carbocycles. The van der Waals surface area contributed by atoms with Crippen molar-refractivity contribution in [3.05, 3.63) is 42.2 Å². The number of anilines is 2. The van der Waals surface area contributed by atoms with Gasteiger partial charge >= 0.3 is 0 Å². The summed E-state index contributed by atoms with van der Waals surface area (Å²) in [5.74, 6) is 7.53.